The van der Waals surface area contributed by atoms with Crippen LogP contribution in [0.15, 0.2) is 23.6 Å². The van der Waals surface area contributed by atoms with Crippen molar-refractivity contribution in [2.75, 3.05) is 31.2 Å². The number of ether oxygens (including phenoxy) is 1. The smallest absolute Gasteiger partial charge is 0.270 e. The van der Waals surface area contributed by atoms with Crippen molar-refractivity contribution in [2.45, 2.75) is 39.8 Å². The first kappa shape index (κ1) is 22.6. The highest BCUT2D eigenvalue weighted by atomic mass is 32.1. The van der Waals surface area contributed by atoms with Crippen LogP contribution in [0.25, 0.3) is 0 Å². The highest BCUT2D eigenvalue weighted by Crippen LogP contribution is 2.23. The number of hydrogen-bond acceptors (Lipinski definition) is 7. The molecule has 2 aromatic rings. The number of nitrogens with one attached hydrogen (secondary N) is 2. The Labute approximate surface area is 175 Å². The molecule has 0 saturated heterocycles. The van der Waals surface area contributed by atoms with Gasteiger partial charge in [0.25, 0.3) is 11.8 Å². The second-order valence-corrected chi connectivity index (χ2v) is 7.99. The standard InChI is InChI=1S/C20H29N5O3S/c1-12(2)25(13(3)4)9-8-22-19(27)16-11-29-20(23-16)24-18(26)14-6-7-15(21)17(10-14)28-5/h6-7,10-13H,8-9,21H2,1-5H3,(H,22,27)(H,23,24,26). The Bertz CT molecular complexity index is 842. The number of amides is 2. The number of anilines is 2. The molecule has 0 fully saturated rings. The average Bonchev–Trinajstić information content (AvgIpc) is 3.13. The van der Waals surface area contributed by atoms with Crippen LogP contribution in [0.4, 0.5) is 10.8 Å². The van der Waals surface area contributed by atoms with E-state index < -0.39 is 0 Å². The molecule has 0 atom stereocenters. The second kappa shape index (κ2) is 10.2. The Morgan fingerprint density at radius 1 is 1.21 bits per heavy atom. The summed E-state index contributed by atoms with van der Waals surface area (Å²) in [7, 11) is 1.49. The lowest BCUT2D eigenvalue weighted by Gasteiger charge is -2.30. The zero-order valence-corrected chi connectivity index (χ0v) is 18.3. The van der Waals surface area contributed by atoms with Crippen molar-refractivity contribution in [1.29, 1.82) is 0 Å². The van der Waals surface area contributed by atoms with Gasteiger partial charge in [-0.15, -0.1) is 11.3 Å². The minimum Gasteiger partial charge on any atom is -0.495 e. The molecule has 1 aromatic carbocycles. The van der Waals surface area contributed by atoms with E-state index in [0.29, 0.717) is 40.8 Å². The minimum atomic E-state index is -0.353. The number of nitrogen functional groups attached to an aromatic ring is 1. The third-order valence-electron chi connectivity index (χ3n) is 4.44. The minimum absolute atomic E-state index is 0.261. The topological polar surface area (TPSA) is 110 Å². The van der Waals surface area contributed by atoms with Gasteiger partial charge in [0.15, 0.2) is 5.13 Å². The highest BCUT2D eigenvalue weighted by molar-refractivity contribution is 7.14. The normalized spacial score (nSPS) is 11.2. The van der Waals surface area contributed by atoms with Crippen LogP contribution in [-0.2, 0) is 0 Å². The number of hydrogen-bond donors (Lipinski definition) is 3. The molecule has 29 heavy (non-hydrogen) atoms. The van der Waals surface area contributed by atoms with Gasteiger partial charge in [0.1, 0.15) is 11.4 Å². The Balaban J connectivity index is 1.93. The van der Waals surface area contributed by atoms with Gasteiger partial charge in [0.05, 0.1) is 12.8 Å². The summed E-state index contributed by atoms with van der Waals surface area (Å²) in [6, 6.07) is 5.57. The molecule has 8 nitrogen and oxygen atoms in total. The number of aromatic nitrogens is 1. The number of carbonyl (C=O) groups excluding carboxylic acids is 2. The van der Waals surface area contributed by atoms with E-state index in [-0.39, 0.29) is 17.5 Å². The molecule has 0 aliphatic heterocycles. The summed E-state index contributed by atoms with van der Waals surface area (Å²) in [5.41, 5.74) is 6.88. The fraction of sp³-hybridized carbons (Fsp3) is 0.450. The molecule has 0 aliphatic carbocycles. The number of thiazole rings is 1. The van der Waals surface area contributed by atoms with Gasteiger partial charge in [0, 0.05) is 36.1 Å². The maximum atomic E-state index is 12.4. The summed E-state index contributed by atoms with van der Waals surface area (Å²) >= 11 is 1.19. The van der Waals surface area contributed by atoms with Gasteiger partial charge in [-0.05, 0) is 45.9 Å². The zero-order chi connectivity index (χ0) is 21.6. The van der Waals surface area contributed by atoms with Gasteiger partial charge in [0.2, 0.25) is 0 Å². The van der Waals surface area contributed by atoms with Crippen molar-refractivity contribution in [3.05, 3.63) is 34.8 Å². The van der Waals surface area contributed by atoms with Gasteiger partial charge in [-0.25, -0.2) is 4.98 Å². The monoisotopic (exact) mass is 419 g/mol. The molecule has 2 amide bonds. The summed E-state index contributed by atoms with van der Waals surface area (Å²) in [4.78, 5) is 31.2. The van der Waals surface area contributed by atoms with E-state index in [1.54, 1.807) is 23.6 Å². The fourth-order valence-corrected chi connectivity index (χ4v) is 3.64. The molecule has 0 saturated carbocycles. The molecule has 0 radical (unpaired) electrons. The van der Waals surface area contributed by atoms with Crippen molar-refractivity contribution in [2.24, 2.45) is 0 Å². The van der Waals surface area contributed by atoms with E-state index in [1.165, 1.54) is 18.4 Å². The number of nitrogens with zero attached hydrogens (tertiary/aromatic N) is 2. The molecule has 1 heterocycles. The SMILES string of the molecule is COc1cc(C(=O)Nc2nc(C(=O)NCCN(C(C)C)C(C)C)cs2)ccc1N. The summed E-state index contributed by atoms with van der Waals surface area (Å²) in [6.45, 7) is 9.82. The van der Waals surface area contributed by atoms with E-state index in [0.717, 1.165) is 6.54 Å². The Morgan fingerprint density at radius 3 is 2.52 bits per heavy atom. The first-order valence-corrected chi connectivity index (χ1v) is 10.3. The molecule has 158 valence electrons. The van der Waals surface area contributed by atoms with Crippen molar-refractivity contribution in [1.82, 2.24) is 15.2 Å². The number of rotatable bonds is 9. The number of carbonyl (C=O) groups is 2. The first-order chi connectivity index (χ1) is 13.7. The molecular weight excluding hydrogens is 390 g/mol. The molecule has 0 bridgehead atoms. The van der Waals surface area contributed by atoms with E-state index in [9.17, 15) is 9.59 Å². The van der Waals surface area contributed by atoms with E-state index >= 15 is 0 Å². The maximum absolute atomic E-state index is 12.4. The number of benzene rings is 1. The molecule has 9 heteroatoms. The lowest BCUT2D eigenvalue weighted by molar-refractivity contribution is 0.0934. The van der Waals surface area contributed by atoms with Gasteiger partial charge in [-0.3, -0.25) is 19.8 Å². The Kier molecular flexibility index (Phi) is 7.98. The molecule has 4 N–H and O–H groups in total. The highest BCUT2D eigenvalue weighted by Gasteiger charge is 2.16. The second-order valence-electron chi connectivity index (χ2n) is 7.13. The van der Waals surface area contributed by atoms with Crippen molar-refractivity contribution in [3.8, 4) is 5.75 Å². The molecule has 0 spiro atoms. The Hall–Kier alpha value is -2.65. The number of methoxy groups -OCH3 is 1. The van der Waals surface area contributed by atoms with Crippen LogP contribution in [0, 0.1) is 0 Å². The van der Waals surface area contributed by atoms with Crippen LogP contribution in [0.5, 0.6) is 5.75 Å². The summed E-state index contributed by atoms with van der Waals surface area (Å²) < 4.78 is 5.13. The third-order valence-corrected chi connectivity index (χ3v) is 5.19. The first-order valence-electron chi connectivity index (χ1n) is 9.47. The van der Waals surface area contributed by atoms with E-state index in [2.05, 4.69) is 48.2 Å². The molecule has 0 unspecified atom stereocenters. The summed E-state index contributed by atoms with van der Waals surface area (Å²) in [6.07, 6.45) is 0. The van der Waals surface area contributed by atoms with Crippen molar-refractivity contribution < 1.29 is 14.3 Å². The predicted molar refractivity (Wildman–Crippen MR) is 117 cm³/mol. The van der Waals surface area contributed by atoms with Crippen LogP contribution >= 0.6 is 11.3 Å². The van der Waals surface area contributed by atoms with Gasteiger partial charge >= 0.3 is 0 Å². The fourth-order valence-electron chi connectivity index (χ4n) is 2.96. The van der Waals surface area contributed by atoms with Gasteiger partial charge in [-0.2, -0.15) is 0 Å². The van der Waals surface area contributed by atoms with Crippen molar-refractivity contribution >= 4 is 34.0 Å². The maximum Gasteiger partial charge on any atom is 0.270 e. The van der Waals surface area contributed by atoms with E-state index in [1.807, 2.05) is 0 Å². The summed E-state index contributed by atoms with van der Waals surface area (Å²) in [5.74, 6) is -0.189. The zero-order valence-electron chi connectivity index (χ0n) is 17.5. The van der Waals surface area contributed by atoms with Crippen LogP contribution in [0.1, 0.15) is 48.5 Å². The van der Waals surface area contributed by atoms with Crippen molar-refractivity contribution in [3.63, 3.8) is 0 Å². The van der Waals surface area contributed by atoms with Crippen LogP contribution in [-0.4, -0.2) is 54.0 Å². The van der Waals surface area contributed by atoms with E-state index in [4.69, 9.17) is 10.5 Å². The predicted octanol–water partition coefficient (Wildman–Crippen LogP) is 2.83. The molecular formula is C20H29N5O3S. The number of nitrogens with two attached hydrogens (primary N) is 1. The third kappa shape index (κ3) is 6.16. The lowest BCUT2D eigenvalue weighted by Crippen LogP contribution is -2.42. The molecule has 2 rings (SSSR count). The lowest BCUT2D eigenvalue weighted by atomic mass is 10.2. The molecule has 0 aliphatic rings. The largest absolute Gasteiger partial charge is 0.495 e. The quantitative estimate of drug-likeness (QED) is 0.539. The van der Waals surface area contributed by atoms with Crippen LogP contribution in [0.2, 0.25) is 0 Å². The average molecular weight is 420 g/mol. The van der Waals surface area contributed by atoms with Crippen LogP contribution < -0.4 is 21.1 Å². The van der Waals surface area contributed by atoms with Gasteiger partial charge in [-0.1, -0.05) is 0 Å². The molecule has 1 aromatic heterocycles. The van der Waals surface area contributed by atoms with Crippen LogP contribution in [0.3, 0.4) is 0 Å². The summed E-state index contributed by atoms with van der Waals surface area (Å²) in [5, 5.41) is 7.54. The Morgan fingerprint density at radius 2 is 1.90 bits per heavy atom. The van der Waals surface area contributed by atoms with Gasteiger partial charge < -0.3 is 15.8 Å².